The number of rotatable bonds is 9. The molecule has 4 aromatic carbocycles. The monoisotopic (exact) mass is 654 g/mol. The molecule has 1 aromatic heterocycles. The number of nitrogens with zero attached hydrogens (tertiary/aromatic N) is 1. The van der Waals surface area contributed by atoms with Crippen molar-refractivity contribution in [2.45, 2.75) is 27.3 Å². The quantitative estimate of drug-likeness (QED) is 0.162. The highest BCUT2D eigenvalue weighted by Crippen LogP contribution is 2.45. The fraction of sp³-hybridized carbons (Fsp3) is 0.114. The molecule has 1 aliphatic carbocycles. The van der Waals surface area contributed by atoms with Crippen LogP contribution in [-0.4, -0.2) is 38.6 Å². The highest BCUT2D eigenvalue weighted by molar-refractivity contribution is 7.99. The minimum Gasteiger partial charge on any atom is -0.449 e. The summed E-state index contributed by atoms with van der Waals surface area (Å²) in [6, 6.07) is 29.6. The van der Waals surface area contributed by atoms with Crippen LogP contribution in [0.15, 0.2) is 118 Å². The van der Waals surface area contributed by atoms with Crippen molar-refractivity contribution in [3.63, 3.8) is 0 Å². The summed E-state index contributed by atoms with van der Waals surface area (Å²) in [5.74, 6) is -0.0877. The van der Waals surface area contributed by atoms with E-state index in [9.17, 15) is 18.0 Å². The van der Waals surface area contributed by atoms with Crippen LogP contribution in [0.2, 0.25) is 5.02 Å². The number of carbonyl (C=O) groups is 2. The fourth-order valence-electron chi connectivity index (χ4n) is 5.52. The van der Waals surface area contributed by atoms with Gasteiger partial charge in [-0.25, -0.2) is 18.2 Å². The number of fused-ring (bicyclic) bond motifs is 3. The van der Waals surface area contributed by atoms with Crippen LogP contribution in [0.4, 0.5) is 4.79 Å². The molecule has 6 rings (SSSR count). The Morgan fingerprint density at radius 3 is 2.22 bits per heavy atom. The lowest BCUT2D eigenvalue weighted by molar-refractivity contribution is 0.112. The van der Waals surface area contributed by atoms with Crippen LogP contribution in [0, 0.1) is 0 Å². The summed E-state index contributed by atoms with van der Waals surface area (Å²) in [4.78, 5) is 30.0. The summed E-state index contributed by atoms with van der Waals surface area (Å²) >= 11 is 7.93. The summed E-state index contributed by atoms with van der Waals surface area (Å²) in [7, 11) is -3.39. The predicted molar refractivity (Wildman–Crippen MR) is 176 cm³/mol. The maximum absolute atomic E-state index is 13.2. The number of aldehydes is 1. The summed E-state index contributed by atoms with van der Waals surface area (Å²) in [6.07, 6.45) is 2.87. The lowest BCUT2D eigenvalue weighted by Gasteiger charge is -2.18. The Labute approximate surface area is 270 Å². The van der Waals surface area contributed by atoms with Crippen molar-refractivity contribution in [2.24, 2.45) is 0 Å². The molecular weight excluding hydrogens is 628 g/mol. The van der Waals surface area contributed by atoms with Crippen molar-refractivity contribution in [3.05, 3.63) is 131 Å². The van der Waals surface area contributed by atoms with Crippen LogP contribution in [0.3, 0.4) is 0 Å². The Morgan fingerprint density at radius 1 is 0.911 bits per heavy atom. The number of nitrogens with one attached hydrogen (secondary N) is 1. The van der Waals surface area contributed by atoms with Gasteiger partial charge in [0.15, 0.2) is 16.1 Å². The van der Waals surface area contributed by atoms with E-state index in [0.29, 0.717) is 26.1 Å². The molecule has 1 aliphatic rings. The van der Waals surface area contributed by atoms with Gasteiger partial charge in [-0.2, -0.15) is 0 Å². The van der Waals surface area contributed by atoms with Gasteiger partial charge in [0, 0.05) is 35.4 Å². The van der Waals surface area contributed by atoms with Crippen LogP contribution in [-0.2, 0) is 21.1 Å². The summed E-state index contributed by atoms with van der Waals surface area (Å²) < 4.78 is 29.9. The van der Waals surface area contributed by atoms with Gasteiger partial charge in [0.2, 0.25) is 0 Å². The predicted octanol–water partition coefficient (Wildman–Crippen LogP) is 7.81. The average molecular weight is 655 g/mol. The Morgan fingerprint density at radius 2 is 1.58 bits per heavy atom. The zero-order chi connectivity index (χ0) is 31.6. The van der Waals surface area contributed by atoms with E-state index in [1.165, 1.54) is 23.9 Å². The molecular formula is C35H27ClN2O5S2. The van der Waals surface area contributed by atoms with Gasteiger partial charge in [0.25, 0.3) is 0 Å². The third-order valence-electron chi connectivity index (χ3n) is 7.69. The van der Waals surface area contributed by atoms with Crippen LogP contribution in [0.25, 0.3) is 22.3 Å². The maximum Gasteiger partial charge on any atom is 0.407 e. The number of hydrogen-bond acceptors (Lipinski definition) is 7. The number of hydrogen-bond donors (Lipinski definition) is 1. The van der Waals surface area contributed by atoms with E-state index in [1.807, 2.05) is 30.3 Å². The van der Waals surface area contributed by atoms with Gasteiger partial charge >= 0.3 is 6.09 Å². The molecule has 0 radical (unpaired) electrons. The van der Waals surface area contributed by atoms with Gasteiger partial charge < -0.3 is 10.1 Å². The molecule has 0 spiro atoms. The number of aromatic nitrogens is 1. The van der Waals surface area contributed by atoms with Gasteiger partial charge in [-0.3, -0.25) is 4.79 Å². The van der Waals surface area contributed by atoms with Gasteiger partial charge in [0.05, 0.1) is 9.92 Å². The molecule has 0 saturated carbocycles. The van der Waals surface area contributed by atoms with E-state index >= 15 is 0 Å². The number of ether oxygens (including phenoxy) is 1. The normalized spacial score (nSPS) is 12.3. The van der Waals surface area contributed by atoms with Crippen molar-refractivity contribution in [1.82, 2.24) is 10.3 Å². The molecule has 0 saturated heterocycles. The Balaban J connectivity index is 1.28. The number of pyridine rings is 1. The van der Waals surface area contributed by atoms with Crippen molar-refractivity contribution < 1.29 is 22.7 Å². The minimum absolute atomic E-state index is 0.0476. The minimum atomic E-state index is -3.39. The second-order valence-corrected chi connectivity index (χ2v) is 13.9. The number of alkyl carbamates (subject to hydrolysis) is 1. The first kappa shape index (κ1) is 30.6. The molecule has 5 aromatic rings. The van der Waals surface area contributed by atoms with Crippen molar-refractivity contribution >= 4 is 45.6 Å². The fourth-order valence-corrected chi connectivity index (χ4v) is 7.46. The second kappa shape index (κ2) is 12.9. The lowest BCUT2D eigenvalue weighted by Crippen LogP contribution is -2.26. The smallest absolute Gasteiger partial charge is 0.407 e. The molecule has 0 atom stereocenters. The molecule has 0 bridgehead atoms. The molecule has 0 aliphatic heterocycles. The maximum atomic E-state index is 13.2. The molecule has 7 nitrogen and oxygen atoms in total. The zero-order valence-corrected chi connectivity index (χ0v) is 26.5. The van der Waals surface area contributed by atoms with E-state index in [-0.39, 0.29) is 24.0 Å². The Kier molecular flexibility index (Phi) is 8.76. The number of carbonyl (C=O) groups excluding carboxylic acids is 2. The third kappa shape index (κ3) is 6.38. The first-order chi connectivity index (χ1) is 21.7. The molecule has 1 N–H and O–H groups in total. The second-order valence-electron chi connectivity index (χ2n) is 10.5. The molecule has 226 valence electrons. The van der Waals surface area contributed by atoms with Gasteiger partial charge in [-0.05, 0) is 69.3 Å². The van der Waals surface area contributed by atoms with E-state index < -0.39 is 15.9 Å². The lowest BCUT2D eigenvalue weighted by atomic mass is 9.98. The largest absolute Gasteiger partial charge is 0.449 e. The summed E-state index contributed by atoms with van der Waals surface area (Å²) in [5.41, 5.74) is 7.01. The number of sulfone groups is 1. The Bertz CT molecular complexity index is 1990. The first-order valence-electron chi connectivity index (χ1n) is 14.0. The van der Waals surface area contributed by atoms with Crippen molar-refractivity contribution in [1.29, 1.82) is 0 Å². The average Bonchev–Trinajstić information content (AvgIpc) is 3.37. The molecule has 1 amide bonds. The van der Waals surface area contributed by atoms with Gasteiger partial charge in [-0.15, -0.1) is 0 Å². The molecule has 1 heterocycles. The molecule has 45 heavy (non-hydrogen) atoms. The number of halogens is 1. The standard InChI is InChI=1S/C35H27ClN2O5S2/c1-45(41,42)24-14-12-22(13-15-24)25-16-17-32(36)33(44-34-23(20-39)7-6-18-37-34)30(25)19-38-35(40)43-21-31-28-10-4-2-8-26(28)27-9-3-5-11-29(27)31/h2-18,20,31H,19,21H2,1H3,(H,38,40). The van der Waals surface area contributed by atoms with E-state index in [4.69, 9.17) is 16.3 Å². The molecule has 10 heteroatoms. The summed E-state index contributed by atoms with van der Waals surface area (Å²) in [5, 5.41) is 3.75. The molecule has 0 fully saturated rings. The van der Waals surface area contributed by atoms with Crippen molar-refractivity contribution in [3.8, 4) is 22.3 Å². The SMILES string of the molecule is CS(=O)(=O)c1ccc(-c2ccc(Cl)c(Sc3ncccc3C=O)c2CNC(=O)OCC2c3ccccc3-c3ccccc32)cc1. The zero-order valence-electron chi connectivity index (χ0n) is 24.1. The first-order valence-corrected chi connectivity index (χ1v) is 17.1. The highest BCUT2D eigenvalue weighted by Gasteiger charge is 2.29. The number of amides is 1. The molecule has 0 unspecified atom stereocenters. The van der Waals surface area contributed by atoms with Gasteiger partial charge in [0.1, 0.15) is 11.6 Å². The van der Waals surface area contributed by atoms with Crippen LogP contribution in [0.5, 0.6) is 0 Å². The summed E-state index contributed by atoms with van der Waals surface area (Å²) in [6.45, 7) is 0.208. The topological polar surface area (TPSA) is 102 Å². The van der Waals surface area contributed by atoms with Crippen LogP contribution < -0.4 is 5.32 Å². The van der Waals surface area contributed by atoms with E-state index in [2.05, 4.69) is 34.6 Å². The van der Waals surface area contributed by atoms with Crippen molar-refractivity contribution in [2.75, 3.05) is 12.9 Å². The van der Waals surface area contributed by atoms with Gasteiger partial charge in [-0.1, -0.05) is 90.1 Å². The van der Waals surface area contributed by atoms with E-state index in [1.54, 1.807) is 36.5 Å². The number of benzene rings is 4. The van der Waals surface area contributed by atoms with Crippen LogP contribution >= 0.6 is 23.4 Å². The van der Waals surface area contributed by atoms with Crippen LogP contribution in [0.1, 0.15) is 33.0 Å². The third-order valence-corrected chi connectivity index (χ3v) is 10.4. The Hall–Kier alpha value is -4.44. The highest BCUT2D eigenvalue weighted by atomic mass is 35.5. The van der Waals surface area contributed by atoms with E-state index in [0.717, 1.165) is 45.9 Å².